The Morgan fingerprint density at radius 1 is 1.25 bits per heavy atom. The highest BCUT2D eigenvalue weighted by molar-refractivity contribution is 5.98. The fraction of sp³-hybridized carbons (Fsp3) is 0.529. The minimum absolute atomic E-state index is 0.320. The molecule has 0 spiro atoms. The highest BCUT2D eigenvalue weighted by Gasteiger charge is 2.46. The first-order valence-electron chi connectivity index (χ1n) is 8.20. The van der Waals surface area contributed by atoms with Gasteiger partial charge in [0.1, 0.15) is 5.54 Å². The summed E-state index contributed by atoms with van der Waals surface area (Å²) >= 11 is 0. The lowest BCUT2D eigenvalue weighted by Gasteiger charge is -2.41. The van der Waals surface area contributed by atoms with Crippen LogP contribution < -0.4 is 0 Å². The summed E-state index contributed by atoms with van der Waals surface area (Å²) in [6.45, 7) is 3.67. The van der Waals surface area contributed by atoms with E-state index in [0.717, 1.165) is 25.0 Å². The van der Waals surface area contributed by atoms with Crippen LogP contribution in [0.5, 0.6) is 0 Å². The maximum Gasteiger partial charge on any atom is 0.329 e. The van der Waals surface area contributed by atoms with Crippen molar-refractivity contribution in [2.24, 2.45) is 0 Å². The number of aromatic nitrogens is 3. The molecule has 1 aliphatic rings. The molecular weight excluding hydrogens is 308 g/mol. The van der Waals surface area contributed by atoms with Crippen LogP contribution in [0.1, 0.15) is 53.8 Å². The van der Waals surface area contributed by atoms with Crippen molar-refractivity contribution in [1.29, 1.82) is 0 Å². The first kappa shape index (κ1) is 16.4. The summed E-state index contributed by atoms with van der Waals surface area (Å²) in [6, 6.07) is 1.84. The summed E-state index contributed by atoms with van der Waals surface area (Å²) in [4.78, 5) is 30.6. The monoisotopic (exact) mass is 330 g/mol. The van der Waals surface area contributed by atoms with Gasteiger partial charge in [0.05, 0.1) is 17.0 Å². The molecule has 7 nitrogen and oxygen atoms in total. The van der Waals surface area contributed by atoms with Crippen molar-refractivity contribution in [2.75, 3.05) is 7.05 Å². The van der Waals surface area contributed by atoms with E-state index >= 15 is 0 Å². The van der Waals surface area contributed by atoms with Crippen molar-refractivity contribution in [3.63, 3.8) is 0 Å². The van der Waals surface area contributed by atoms with Crippen LogP contribution in [-0.2, 0) is 4.79 Å². The zero-order valence-electron chi connectivity index (χ0n) is 14.2. The van der Waals surface area contributed by atoms with E-state index in [4.69, 9.17) is 0 Å². The van der Waals surface area contributed by atoms with Gasteiger partial charge in [0.2, 0.25) is 0 Å². The van der Waals surface area contributed by atoms with E-state index in [2.05, 4.69) is 10.1 Å². The molecule has 0 radical (unpaired) electrons. The molecule has 2 aromatic heterocycles. The molecule has 24 heavy (non-hydrogen) atoms. The molecular formula is C17H22N4O3. The molecule has 128 valence electrons. The normalized spacial score (nSPS) is 17.0. The Morgan fingerprint density at radius 2 is 1.92 bits per heavy atom. The molecule has 0 aromatic carbocycles. The van der Waals surface area contributed by atoms with Crippen molar-refractivity contribution >= 4 is 17.5 Å². The molecule has 0 aliphatic heterocycles. The Balaban J connectivity index is 2.01. The van der Waals surface area contributed by atoms with Crippen molar-refractivity contribution in [1.82, 2.24) is 19.5 Å². The molecule has 1 amide bonds. The van der Waals surface area contributed by atoms with Gasteiger partial charge in [-0.3, -0.25) is 4.79 Å². The number of aryl methyl sites for hydroxylation is 2. The predicted octanol–water partition coefficient (Wildman–Crippen LogP) is 2.21. The number of likely N-dealkylation sites (N-methyl/N-ethyl adjacent to an activating group) is 1. The van der Waals surface area contributed by atoms with E-state index in [1.54, 1.807) is 18.5 Å². The molecule has 0 unspecified atom stereocenters. The summed E-state index contributed by atoms with van der Waals surface area (Å²) in [6.07, 6.45) is 5.14. The molecule has 2 heterocycles. The molecule has 7 heteroatoms. The summed E-state index contributed by atoms with van der Waals surface area (Å²) < 4.78 is 1.63. The van der Waals surface area contributed by atoms with E-state index in [1.165, 1.54) is 11.1 Å². The number of hydrogen-bond acceptors (Lipinski definition) is 4. The van der Waals surface area contributed by atoms with Gasteiger partial charge in [0.15, 0.2) is 5.65 Å². The Morgan fingerprint density at radius 3 is 2.54 bits per heavy atom. The van der Waals surface area contributed by atoms with Gasteiger partial charge < -0.3 is 10.0 Å². The van der Waals surface area contributed by atoms with Gasteiger partial charge in [-0.05, 0) is 26.7 Å². The maximum atomic E-state index is 13.0. The Labute approximate surface area is 140 Å². The van der Waals surface area contributed by atoms with Gasteiger partial charge in [-0.15, -0.1) is 0 Å². The number of hydrogen-bond donors (Lipinski definition) is 1. The topological polar surface area (TPSA) is 87.8 Å². The van der Waals surface area contributed by atoms with Gasteiger partial charge in [0.25, 0.3) is 5.91 Å². The molecule has 1 fully saturated rings. The third-order valence-corrected chi connectivity index (χ3v) is 5.10. The van der Waals surface area contributed by atoms with Crippen LogP contribution in [0.15, 0.2) is 12.3 Å². The average Bonchev–Trinajstić information content (AvgIpc) is 2.96. The first-order chi connectivity index (χ1) is 11.4. The number of rotatable bonds is 3. The van der Waals surface area contributed by atoms with Gasteiger partial charge in [-0.25, -0.2) is 14.3 Å². The van der Waals surface area contributed by atoms with Crippen LogP contribution in [0.25, 0.3) is 5.65 Å². The van der Waals surface area contributed by atoms with Crippen molar-refractivity contribution in [3.05, 3.63) is 29.2 Å². The number of aliphatic carboxylic acids is 1. The summed E-state index contributed by atoms with van der Waals surface area (Å²) in [5.41, 5.74) is 1.42. The summed E-state index contributed by atoms with van der Waals surface area (Å²) in [5, 5.41) is 14.1. The second-order valence-corrected chi connectivity index (χ2v) is 6.57. The Kier molecular flexibility index (Phi) is 4.03. The predicted molar refractivity (Wildman–Crippen MR) is 88.0 cm³/mol. The highest BCUT2D eigenvalue weighted by Crippen LogP contribution is 2.34. The Bertz CT molecular complexity index is 806. The SMILES string of the molecule is Cc1cc2ncc(C(=O)N(C)C3(C(=O)O)CCCCC3)c(C)n2n1. The van der Waals surface area contributed by atoms with E-state index in [9.17, 15) is 14.7 Å². The molecule has 1 N–H and O–H groups in total. The van der Waals surface area contributed by atoms with E-state index < -0.39 is 11.5 Å². The standard InChI is InChI=1S/C17H22N4O3/c1-11-9-14-18-10-13(12(2)21(14)19-11)15(22)20(3)17(16(23)24)7-5-4-6-8-17/h9-10H,4-8H2,1-3H3,(H,23,24). The lowest BCUT2D eigenvalue weighted by Crippen LogP contribution is -2.56. The molecule has 2 aromatic rings. The number of fused-ring (bicyclic) bond motifs is 1. The first-order valence-corrected chi connectivity index (χ1v) is 8.20. The van der Waals surface area contributed by atoms with E-state index in [-0.39, 0.29) is 5.91 Å². The smallest absolute Gasteiger partial charge is 0.329 e. The zero-order valence-corrected chi connectivity index (χ0v) is 14.2. The lowest BCUT2D eigenvalue weighted by molar-refractivity contribution is -0.151. The van der Waals surface area contributed by atoms with E-state index in [0.29, 0.717) is 29.7 Å². The minimum Gasteiger partial charge on any atom is -0.479 e. The van der Waals surface area contributed by atoms with Crippen LogP contribution >= 0.6 is 0 Å². The average molecular weight is 330 g/mol. The summed E-state index contributed by atoms with van der Waals surface area (Å²) in [5.74, 6) is -1.25. The van der Waals surface area contributed by atoms with Crippen LogP contribution in [0, 0.1) is 13.8 Å². The van der Waals surface area contributed by atoms with Crippen molar-refractivity contribution < 1.29 is 14.7 Å². The largest absolute Gasteiger partial charge is 0.479 e. The zero-order chi connectivity index (χ0) is 17.5. The number of carboxylic acid groups (broad SMARTS) is 1. The number of amides is 1. The minimum atomic E-state index is -1.13. The quantitative estimate of drug-likeness (QED) is 0.932. The van der Waals surface area contributed by atoms with Gasteiger partial charge in [-0.2, -0.15) is 5.10 Å². The number of nitrogens with zero attached hydrogens (tertiary/aromatic N) is 4. The van der Waals surface area contributed by atoms with Gasteiger partial charge >= 0.3 is 5.97 Å². The van der Waals surface area contributed by atoms with Crippen molar-refractivity contribution in [2.45, 2.75) is 51.5 Å². The number of carboxylic acids is 1. The van der Waals surface area contributed by atoms with Crippen molar-refractivity contribution in [3.8, 4) is 0 Å². The van der Waals surface area contributed by atoms with Crippen LogP contribution in [0.2, 0.25) is 0 Å². The van der Waals surface area contributed by atoms with Crippen LogP contribution in [0.3, 0.4) is 0 Å². The molecule has 1 saturated carbocycles. The third-order valence-electron chi connectivity index (χ3n) is 5.10. The molecule has 0 saturated heterocycles. The van der Waals surface area contributed by atoms with Crippen LogP contribution in [0.4, 0.5) is 0 Å². The Hall–Kier alpha value is -2.44. The number of carbonyl (C=O) groups is 2. The molecule has 0 bridgehead atoms. The second-order valence-electron chi connectivity index (χ2n) is 6.57. The lowest BCUT2D eigenvalue weighted by atomic mass is 9.80. The maximum absolute atomic E-state index is 13.0. The fourth-order valence-electron chi connectivity index (χ4n) is 3.58. The highest BCUT2D eigenvalue weighted by atomic mass is 16.4. The molecule has 3 rings (SSSR count). The number of carbonyl (C=O) groups excluding carboxylic acids is 1. The van der Waals surface area contributed by atoms with E-state index in [1.807, 2.05) is 13.0 Å². The summed E-state index contributed by atoms with van der Waals surface area (Å²) in [7, 11) is 1.58. The third kappa shape index (κ3) is 2.44. The fourth-order valence-corrected chi connectivity index (χ4v) is 3.58. The molecule has 1 aliphatic carbocycles. The van der Waals surface area contributed by atoms with Crippen LogP contribution in [-0.4, -0.2) is 49.1 Å². The molecule has 0 atom stereocenters. The second kappa shape index (κ2) is 5.89. The van der Waals surface area contributed by atoms with Gasteiger partial charge in [-0.1, -0.05) is 19.3 Å². The van der Waals surface area contributed by atoms with Gasteiger partial charge in [0, 0.05) is 19.3 Å².